The van der Waals surface area contributed by atoms with Gasteiger partial charge in [0.1, 0.15) is 6.10 Å². The third-order valence-corrected chi connectivity index (χ3v) is 4.37. The van der Waals surface area contributed by atoms with E-state index in [0.29, 0.717) is 5.92 Å². The molecule has 2 aliphatic heterocycles. The van der Waals surface area contributed by atoms with Crippen LogP contribution in [-0.4, -0.2) is 43.2 Å². The molecular formula is C15H28N2O2. The molecule has 2 fully saturated rings. The smallest absolute Gasteiger partial charge is 0.251 e. The molecule has 110 valence electrons. The first-order valence-corrected chi connectivity index (χ1v) is 7.91. The molecule has 1 amide bonds. The van der Waals surface area contributed by atoms with Crippen molar-refractivity contribution in [1.29, 1.82) is 0 Å². The fourth-order valence-electron chi connectivity index (χ4n) is 3.18. The molecule has 2 saturated heterocycles. The molecular weight excluding hydrogens is 240 g/mol. The SMILES string of the molecule is NCCCCCCC1CCN(C(=O)C2CCCO2)C1. The fourth-order valence-corrected chi connectivity index (χ4v) is 3.18. The van der Waals surface area contributed by atoms with Crippen molar-refractivity contribution in [1.82, 2.24) is 4.90 Å². The summed E-state index contributed by atoms with van der Waals surface area (Å²) < 4.78 is 5.48. The van der Waals surface area contributed by atoms with Gasteiger partial charge in [0.15, 0.2) is 0 Å². The molecule has 0 spiro atoms. The lowest BCUT2D eigenvalue weighted by molar-refractivity contribution is -0.139. The molecule has 0 aromatic rings. The van der Waals surface area contributed by atoms with Crippen LogP contribution in [0.4, 0.5) is 0 Å². The van der Waals surface area contributed by atoms with E-state index in [9.17, 15) is 4.79 Å². The molecule has 2 N–H and O–H groups in total. The molecule has 0 aliphatic carbocycles. The summed E-state index contributed by atoms with van der Waals surface area (Å²) in [6.45, 7) is 3.46. The summed E-state index contributed by atoms with van der Waals surface area (Å²) in [7, 11) is 0. The normalized spacial score (nSPS) is 27.1. The van der Waals surface area contributed by atoms with Gasteiger partial charge in [-0.1, -0.05) is 19.3 Å². The van der Waals surface area contributed by atoms with Gasteiger partial charge in [0, 0.05) is 19.7 Å². The van der Waals surface area contributed by atoms with Crippen molar-refractivity contribution in [2.75, 3.05) is 26.2 Å². The highest BCUT2D eigenvalue weighted by atomic mass is 16.5. The van der Waals surface area contributed by atoms with Gasteiger partial charge in [-0.05, 0) is 44.6 Å². The maximum absolute atomic E-state index is 12.2. The van der Waals surface area contributed by atoms with E-state index in [1.807, 2.05) is 4.90 Å². The van der Waals surface area contributed by atoms with Gasteiger partial charge >= 0.3 is 0 Å². The van der Waals surface area contributed by atoms with Crippen LogP contribution in [0.2, 0.25) is 0 Å². The number of nitrogens with zero attached hydrogens (tertiary/aromatic N) is 1. The average Bonchev–Trinajstić information content (AvgIpc) is 3.09. The highest BCUT2D eigenvalue weighted by Gasteiger charge is 2.32. The molecule has 2 rings (SSSR count). The topological polar surface area (TPSA) is 55.6 Å². The van der Waals surface area contributed by atoms with Crippen LogP contribution >= 0.6 is 0 Å². The largest absolute Gasteiger partial charge is 0.368 e. The first kappa shape index (κ1) is 14.8. The van der Waals surface area contributed by atoms with Crippen LogP contribution in [0.5, 0.6) is 0 Å². The zero-order valence-corrected chi connectivity index (χ0v) is 12.0. The van der Waals surface area contributed by atoms with Crippen LogP contribution in [0.15, 0.2) is 0 Å². The van der Waals surface area contributed by atoms with Gasteiger partial charge in [-0.2, -0.15) is 0 Å². The number of hydrogen-bond donors (Lipinski definition) is 1. The Kier molecular flexibility index (Phi) is 6.11. The molecule has 0 radical (unpaired) electrons. The molecule has 4 nitrogen and oxygen atoms in total. The average molecular weight is 268 g/mol. The van der Waals surface area contributed by atoms with Crippen LogP contribution in [0.25, 0.3) is 0 Å². The maximum Gasteiger partial charge on any atom is 0.251 e. The second kappa shape index (κ2) is 7.85. The van der Waals surface area contributed by atoms with E-state index in [4.69, 9.17) is 10.5 Å². The maximum atomic E-state index is 12.2. The zero-order valence-electron chi connectivity index (χ0n) is 12.0. The molecule has 0 saturated carbocycles. The third kappa shape index (κ3) is 4.46. The van der Waals surface area contributed by atoms with Gasteiger partial charge < -0.3 is 15.4 Å². The third-order valence-electron chi connectivity index (χ3n) is 4.37. The van der Waals surface area contributed by atoms with Crippen LogP contribution in [0.3, 0.4) is 0 Å². The van der Waals surface area contributed by atoms with E-state index < -0.39 is 0 Å². The van der Waals surface area contributed by atoms with E-state index in [0.717, 1.165) is 45.5 Å². The summed E-state index contributed by atoms with van der Waals surface area (Å²) >= 11 is 0. The first-order valence-electron chi connectivity index (χ1n) is 7.91. The number of amides is 1. The molecule has 19 heavy (non-hydrogen) atoms. The lowest BCUT2D eigenvalue weighted by atomic mass is 10.00. The first-order chi connectivity index (χ1) is 9.31. The second-order valence-electron chi connectivity index (χ2n) is 5.93. The van der Waals surface area contributed by atoms with Crippen molar-refractivity contribution in [2.24, 2.45) is 11.7 Å². The van der Waals surface area contributed by atoms with Crippen molar-refractivity contribution >= 4 is 5.91 Å². The van der Waals surface area contributed by atoms with Gasteiger partial charge in [-0.15, -0.1) is 0 Å². The fraction of sp³-hybridized carbons (Fsp3) is 0.933. The Hall–Kier alpha value is -0.610. The van der Waals surface area contributed by atoms with Gasteiger partial charge in [-0.3, -0.25) is 4.79 Å². The van der Waals surface area contributed by atoms with Crippen molar-refractivity contribution < 1.29 is 9.53 Å². The van der Waals surface area contributed by atoms with Crippen molar-refractivity contribution in [3.63, 3.8) is 0 Å². The number of ether oxygens (including phenoxy) is 1. The number of likely N-dealkylation sites (tertiary alicyclic amines) is 1. The van der Waals surface area contributed by atoms with E-state index in [1.165, 1.54) is 32.1 Å². The minimum Gasteiger partial charge on any atom is -0.368 e. The molecule has 2 heterocycles. The lowest BCUT2D eigenvalue weighted by Crippen LogP contribution is -2.37. The van der Waals surface area contributed by atoms with Crippen LogP contribution in [0.1, 0.15) is 51.4 Å². The Morgan fingerprint density at radius 3 is 2.79 bits per heavy atom. The number of nitrogens with two attached hydrogens (primary N) is 1. The molecule has 0 bridgehead atoms. The number of rotatable bonds is 7. The summed E-state index contributed by atoms with van der Waals surface area (Å²) in [6.07, 6.45) is 9.22. The second-order valence-corrected chi connectivity index (χ2v) is 5.93. The molecule has 2 atom stereocenters. The Morgan fingerprint density at radius 1 is 1.21 bits per heavy atom. The van der Waals surface area contributed by atoms with Crippen molar-refractivity contribution in [3.8, 4) is 0 Å². The predicted octanol–water partition coefficient (Wildman–Crippen LogP) is 1.92. The number of hydrogen-bond acceptors (Lipinski definition) is 3. The number of carbonyl (C=O) groups excluding carboxylic acids is 1. The zero-order chi connectivity index (χ0) is 13.5. The lowest BCUT2D eigenvalue weighted by Gasteiger charge is -2.20. The molecule has 2 aliphatic rings. The van der Waals surface area contributed by atoms with Gasteiger partial charge in [0.2, 0.25) is 0 Å². The minimum atomic E-state index is -0.136. The van der Waals surface area contributed by atoms with Crippen LogP contribution < -0.4 is 5.73 Å². The molecule has 2 unspecified atom stereocenters. The summed E-state index contributed by atoms with van der Waals surface area (Å²) in [5, 5.41) is 0. The summed E-state index contributed by atoms with van der Waals surface area (Å²) in [6, 6.07) is 0. The van der Waals surface area contributed by atoms with E-state index in [-0.39, 0.29) is 12.0 Å². The van der Waals surface area contributed by atoms with Gasteiger partial charge in [0.05, 0.1) is 0 Å². The van der Waals surface area contributed by atoms with Crippen LogP contribution in [0, 0.1) is 5.92 Å². The minimum absolute atomic E-state index is 0.136. The Morgan fingerprint density at radius 2 is 2.05 bits per heavy atom. The number of carbonyl (C=O) groups is 1. The van der Waals surface area contributed by atoms with E-state index in [2.05, 4.69) is 0 Å². The molecule has 0 aromatic carbocycles. The Bertz CT molecular complexity index is 277. The van der Waals surface area contributed by atoms with Gasteiger partial charge in [0.25, 0.3) is 5.91 Å². The monoisotopic (exact) mass is 268 g/mol. The Balaban J connectivity index is 1.61. The molecule has 0 aromatic heterocycles. The highest BCUT2D eigenvalue weighted by Crippen LogP contribution is 2.25. The van der Waals surface area contributed by atoms with E-state index >= 15 is 0 Å². The van der Waals surface area contributed by atoms with Crippen molar-refractivity contribution in [3.05, 3.63) is 0 Å². The van der Waals surface area contributed by atoms with Crippen molar-refractivity contribution in [2.45, 2.75) is 57.5 Å². The summed E-state index contributed by atoms with van der Waals surface area (Å²) in [4.78, 5) is 14.2. The van der Waals surface area contributed by atoms with Crippen LogP contribution in [-0.2, 0) is 9.53 Å². The van der Waals surface area contributed by atoms with E-state index in [1.54, 1.807) is 0 Å². The molecule has 4 heteroatoms. The number of unbranched alkanes of at least 4 members (excludes halogenated alkanes) is 3. The van der Waals surface area contributed by atoms with Gasteiger partial charge in [-0.25, -0.2) is 0 Å². The summed E-state index contributed by atoms with van der Waals surface area (Å²) in [5.41, 5.74) is 5.49. The standard InChI is InChI=1S/C15H28N2O2/c16-9-4-2-1-3-6-13-8-10-17(12-13)15(18)14-7-5-11-19-14/h13-14H,1-12,16H2. The Labute approximate surface area is 116 Å². The predicted molar refractivity (Wildman–Crippen MR) is 75.8 cm³/mol. The quantitative estimate of drug-likeness (QED) is 0.718. The highest BCUT2D eigenvalue weighted by molar-refractivity contribution is 5.81. The summed E-state index contributed by atoms with van der Waals surface area (Å²) in [5.74, 6) is 0.950.